The molecule has 58 heavy (non-hydrogen) atoms. The molecule has 0 saturated carbocycles. The van der Waals surface area contributed by atoms with Crippen molar-refractivity contribution in [1.82, 2.24) is 5.32 Å². The molecular weight excluding hydrogens is 719 g/mol. The molecule has 0 aliphatic carbocycles. The molecule has 0 radical (unpaired) electrons. The molecule has 3 unspecified atom stereocenters. The lowest BCUT2D eigenvalue weighted by atomic mass is 10.0. The molecule has 332 valence electrons. The standard InChI is InChI=1S/C52H89NO5/c1-4-7-10-13-16-19-22-24-25-26-27-30-33-36-39-42-45-52(57)58-48(43-40-37-34-31-28-21-18-15-12-9-6-3)46-51(56)53-49(47-54)50(55)44-41-38-35-32-29-23-20-17-14-11-8-5-2/h9,12,15,18,21,25-28,30-31,34,37,40,48-50,54-55H,4-8,10-11,13-14,16-17,19-20,22-24,29,32-33,35-36,38-39,41-47H2,1-3H3,(H,53,56)/b12-9+,18-15+,26-25+,28-21-,30-27+,34-31-,40-37+. The lowest BCUT2D eigenvalue weighted by Crippen LogP contribution is -2.46. The van der Waals surface area contributed by atoms with Gasteiger partial charge in [0.05, 0.1) is 25.2 Å². The number of allylic oxidation sites excluding steroid dienone is 13. The second-order valence-corrected chi connectivity index (χ2v) is 15.9. The first-order valence-corrected chi connectivity index (χ1v) is 23.9. The summed E-state index contributed by atoms with van der Waals surface area (Å²) in [6.45, 7) is 6.27. The van der Waals surface area contributed by atoms with Crippen LogP contribution < -0.4 is 5.32 Å². The van der Waals surface area contributed by atoms with Crippen molar-refractivity contribution in [3.8, 4) is 0 Å². The predicted molar refractivity (Wildman–Crippen MR) is 250 cm³/mol. The summed E-state index contributed by atoms with van der Waals surface area (Å²) in [4.78, 5) is 26.0. The number of carbonyl (C=O) groups is 2. The summed E-state index contributed by atoms with van der Waals surface area (Å²) in [5.74, 6) is -0.646. The second-order valence-electron chi connectivity index (χ2n) is 15.9. The van der Waals surface area contributed by atoms with Gasteiger partial charge in [-0.2, -0.15) is 0 Å². The largest absolute Gasteiger partial charge is 0.461 e. The summed E-state index contributed by atoms with van der Waals surface area (Å²) >= 11 is 0. The van der Waals surface area contributed by atoms with E-state index in [9.17, 15) is 19.8 Å². The van der Waals surface area contributed by atoms with Crippen LogP contribution in [0.15, 0.2) is 85.1 Å². The number of ether oxygens (including phenoxy) is 1. The number of esters is 1. The molecule has 0 rings (SSSR count). The molecule has 0 saturated heterocycles. The number of carbonyl (C=O) groups excluding carboxylic acids is 2. The van der Waals surface area contributed by atoms with E-state index in [0.29, 0.717) is 19.3 Å². The van der Waals surface area contributed by atoms with Crippen LogP contribution in [-0.2, 0) is 14.3 Å². The topological polar surface area (TPSA) is 95.9 Å². The smallest absolute Gasteiger partial charge is 0.306 e. The van der Waals surface area contributed by atoms with Crippen LogP contribution in [0.5, 0.6) is 0 Å². The Bertz CT molecular complexity index is 1130. The summed E-state index contributed by atoms with van der Waals surface area (Å²) in [6.07, 6.45) is 58.1. The molecule has 0 aromatic rings. The van der Waals surface area contributed by atoms with E-state index < -0.39 is 18.2 Å². The molecule has 3 atom stereocenters. The minimum atomic E-state index is -0.825. The zero-order chi connectivity index (χ0) is 42.4. The maximum atomic E-state index is 13.1. The maximum Gasteiger partial charge on any atom is 0.306 e. The fraction of sp³-hybridized carbons (Fsp3) is 0.692. The van der Waals surface area contributed by atoms with Gasteiger partial charge in [-0.15, -0.1) is 0 Å². The first kappa shape index (κ1) is 55.0. The maximum absolute atomic E-state index is 13.1. The van der Waals surface area contributed by atoms with Gasteiger partial charge in [0.15, 0.2) is 0 Å². The summed E-state index contributed by atoms with van der Waals surface area (Å²) in [5.41, 5.74) is 0. The Morgan fingerprint density at radius 2 is 0.966 bits per heavy atom. The van der Waals surface area contributed by atoms with Crippen LogP contribution >= 0.6 is 0 Å². The van der Waals surface area contributed by atoms with Crippen molar-refractivity contribution in [2.24, 2.45) is 0 Å². The Hall–Kier alpha value is -2.96. The van der Waals surface area contributed by atoms with Gasteiger partial charge >= 0.3 is 5.97 Å². The van der Waals surface area contributed by atoms with Crippen LogP contribution in [0, 0.1) is 0 Å². The quantitative estimate of drug-likeness (QED) is 0.0325. The van der Waals surface area contributed by atoms with Crippen molar-refractivity contribution >= 4 is 11.9 Å². The molecular formula is C52H89NO5. The zero-order valence-electron chi connectivity index (χ0n) is 37.6. The first-order valence-electron chi connectivity index (χ1n) is 23.9. The van der Waals surface area contributed by atoms with Crippen LogP contribution in [0.25, 0.3) is 0 Å². The van der Waals surface area contributed by atoms with E-state index in [1.807, 2.05) is 54.7 Å². The SMILES string of the molecule is CC/C=C/C=C/C=C\C=C/C=C/CC(CC(=O)NC(CO)C(O)CCCCCCCCCCCCCC)OC(=O)CCCCC/C=C/C=C/CCCCCCCCC. The van der Waals surface area contributed by atoms with Crippen molar-refractivity contribution in [3.63, 3.8) is 0 Å². The van der Waals surface area contributed by atoms with Gasteiger partial charge in [-0.3, -0.25) is 9.59 Å². The Morgan fingerprint density at radius 1 is 0.534 bits per heavy atom. The third-order valence-electron chi connectivity index (χ3n) is 10.4. The fourth-order valence-corrected chi connectivity index (χ4v) is 6.74. The number of aliphatic hydroxyl groups excluding tert-OH is 2. The summed E-state index contributed by atoms with van der Waals surface area (Å²) in [7, 11) is 0. The Morgan fingerprint density at radius 3 is 1.47 bits per heavy atom. The van der Waals surface area contributed by atoms with Crippen LogP contribution in [0.2, 0.25) is 0 Å². The van der Waals surface area contributed by atoms with Gasteiger partial charge in [-0.1, -0.05) is 228 Å². The minimum absolute atomic E-state index is 0.0329. The first-order chi connectivity index (χ1) is 28.5. The lowest BCUT2D eigenvalue weighted by molar-refractivity contribution is -0.150. The number of amides is 1. The highest BCUT2D eigenvalue weighted by Gasteiger charge is 2.23. The van der Waals surface area contributed by atoms with Crippen molar-refractivity contribution < 1.29 is 24.5 Å². The summed E-state index contributed by atoms with van der Waals surface area (Å²) < 4.78 is 5.81. The lowest BCUT2D eigenvalue weighted by Gasteiger charge is -2.24. The highest BCUT2D eigenvalue weighted by molar-refractivity contribution is 5.77. The summed E-state index contributed by atoms with van der Waals surface area (Å²) in [5, 5.41) is 23.6. The van der Waals surface area contributed by atoms with Crippen LogP contribution in [0.4, 0.5) is 0 Å². The molecule has 0 aromatic carbocycles. The molecule has 0 spiro atoms. The highest BCUT2D eigenvalue weighted by Crippen LogP contribution is 2.15. The number of rotatable bonds is 41. The molecule has 6 heteroatoms. The van der Waals surface area contributed by atoms with Crippen LogP contribution in [0.1, 0.15) is 207 Å². The van der Waals surface area contributed by atoms with Crippen molar-refractivity contribution in [2.45, 2.75) is 225 Å². The van der Waals surface area contributed by atoms with Gasteiger partial charge in [0.25, 0.3) is 0 Å². The van der Waals surface area contributed by atoms with Gasteiger partial charge < -0.3 is 20.3 Å². The third kappa shape index (κ3) is 39.8. The zero-order valence-corrected chi connectivity index (χ0v) is 37.6. The van der Waals surface area contributed by atoms with E-state index in [4.69, 9.17) is 4.74 Å². The van der Waals surface area contributed by atoms with Crippen molar-refractivity contribution in [2.75, 3.05) is 6.61 Å². The molecule has 0 aliphatic rings. The molecule has 0 fully saturated rings. The van der Waals surface area contributed by atoms with E-state index >= 15 is 0 Å². The third-order valence-corrected chi connectivity index (χ3v) is 10.4. The van der Waals surface area contributed by atoms with Crippen LogP contribution in [-0.4, -0.2) is 46.9 Å². The fourth-order valence-electron chi connectivity index (χ4n) is 6.74. The van der Waals surface area contributed by atoms with Gasteiger partial charge in [0.2, 0.25) is 5.91 Å². The highest BCUT2D eigenvalue weighted by atomic mass is 16.5. The molecule has 0 aliphatic heterocycles. The second kappa shape index (κ2) is 45.1. The van der Waals surface area contributed by atoms with E-state index in [1.54, 1.807) is 0 Å². The molecule has 0 bridgehead atoms. The number of hydrogen-bond donors (Lipinski definition) is 3. The van der Waals surface area contributed by atoms with E-state index in [-0.39, 0.29) is 24.9 Å². The number of nitrogens with one attached hydrogen (secondary N) is 1. The number of hydrogen-bond acceptors (Lipinski definition) is 5. The molecule has 1 amide bonds. The van der Waals surface area contributed by atoms with Gasteiger partial charge in [0, 0.05) is 12.8 Å². The average Bonchev–Trinajstić information content (AvgIpc) is 3.22. The molecule has 0 aromatic heterocycles. The Kier molecular flexibility index (Phi) is 42.8. The summed E-state index contributed by atoms with van der Waals surface area (Å²) in [6, 6.07) is -0.747. The van der Waals surface area contributed by atoms with Crippen molar-refractivity contribution in [1.29, 1.82) is 0 Å². The van der Waals surface area contributed by atoms with Crippen LogP contribution in [0.3, 0.4) is 0 Å². The van der Waals surface area contributed by atoms with E-state index in [1.165, 1.54) is 103 Å². The molecule has 3 N–H and O–H groups in total. The molecule has 0 heterocycles. The van der Waals surface area contributed by atoms with Gasteiger partial charge in [0.1, 0.15) is 6.10 Å². The average molecular weight is 808 g/mol. The molecule has 6 nitrogen and oxygen atoms in total. The van der Waals surface area contributed by atoms with E-state index in [2.05, 4.69) is 56.5 Å². The minimum Gasteiger partial charge on any atom is -0.461 e. The normalized spacial score (nSPS) is 14.1. The van der Waals surface area contributed by atoms with Crippen molar-refractivity contribution in [3.05, 3.63) is 85.1 Å². The number of unbranched alkanes of at least 4 members (excludes halogenated alkanes) is 21. The number of aliphatic hydroxyl groups is 2. The monoisotopic (exact) mass is 808 g/mol. The van der Waals surface area contributed by atoms with Gasteiger partial charge in [-0.25, -0.2) is 0 Å². The van der Waals surface area contributed by atoms with Gasteiger partial charge in [-0.05, 0) is 44.9 Å². The Balaban J connectivity index is 4.74. The predicted octanol–water partition coefficient (Wildman–Crippen LogP) is 14.0. The van der Waals surface area contributed by atoms with E-state index in [0.717, 1.165) is 57.8 Å². The Labute approximate surface area is 357 Å².